The van der Waals surface area contributed by atoms with Gasteiger partial charge in [0.25, 0.3) is 0 Å². The SMILES string of the molecule is CNCc1ccc(-c2ccc3ccccc3c2)cc1F. The number of hydrogen-bond acceptors (Lipinski definition) is 1. The van der Waals surface area contributed by atoms with Gasteiger partial charge >= 0.3 is 0 Å². The van der Waals surface area contributed by atoms with Crippen molar-refractivity contribution in [2.45, 2.75) is 6.54 Å². The Morgan fingerprint density at radius 3 is 2.30 bits per heavy atom. The molecule has 1 N–H and O–H groups in total. The summed E-state index contributed by atoms with van der Waals surface area (Å²) in [6.45, 7) is 0.545. The van der Waals surface area contributed by atoms with E-state index in [1.54, 1.807) is 6.07 Å². The fraction of sp³-hybridized carbons (Fsp3) is 0.111. The van der Waals surface area contributed by atoms with Gasteiger partial charge in [0.1, 0.15) is 5.82 Å². The Balaban J connectivity index is 2.04. The molecular weight excluding hydrogens is 249 g/mol. The summed E-state index contributed by atoms with van der Waals surface area (Å²) in [6.07, 6.45) is 0. The zero-order chi connectivity index (χ0) is 13.9. The number of rotatable bonds is 3. The van der Waals surface area contributed by atoms with Gasteiger partial charge in [-0.3, -0.25) is 0 Å². The molecule has 0 saturated heterocycles. The summed E-state index contributed by atoms with van der Waals surface area (Å²) in [5.74, 6) is -0.162. The van der Waals surface area contributed by atoms with E-state index in [4.69, 9.17) is 0 Å². The molecule has 0 aliphatic rings. The molecule has 0 aromatic heterocycles. The first-order valence-corrected chi connectivity index (χ1v) is 6.70. The smallest absolute Gasteiger partial charge is 0.128 e. The van der Waals surface area contributed by atoms with Crippen LogP contribution in [0.5, 0.6) is 0 Å². The molecule has 0 radical (unpaired) electrons. The van der Waals surface area contributed by atoms with E-state index in [1.807, 2.05) is 37.4 Å². The van der Waals surface area contributed by atoms with Gasteiger partial charge in [-0.05, 0) is 41.1 Å². The minimum atomic E-state index is -0.162. The fourth-order valence-electron chi connectivity index (χ4n) is 2.43. The molecule has 3 rings (SSSR count). The van der Waals surface area contributed by atoms with Crippen molar-refractivity contribution in [1.82, 2.24) is 5.32 Å². The van der Waals surface area contributed by atoms with Crippen LogP contribution in [0.2, 0.25) is 0 Å². The van der Waals surface area contributed by atoms with Gasteiger partial charge in [-0.15, -0.1) is 0 Å². The average Bonchev–Trinajstić information content (AvgIpc) is 2.49. The van der Waals surface area contributed by atoms with E-state index in [0.717, 1.165) is 11.1 Å². The predicted molar refractivity (Wildman–Crippen MR) is 82.1 cm³/mol. The van der Waals surface area contributed by atoms with E-state index in [9.17, 15) is 4.39 Å². The largest absolute Gasteiger partial charge is 0.316 e. The fourth-order valence-corrected chi connectivity index (χ4v) is 2.43. The van der Waals surface area contributed by atoms with Crippen LogP contribution in [0.4, 0.5) is 4.39 Å². The highest BCUT2D eigenvalue weighted by molar-refractivity contribution is 5.87. The van der Waals surface area contributed by atoms with Crippen LogP contribution in [0.1, 0.15) is 5.56 Å². The van der Waals surface area contributed by atoms with Crippen molar-refractivity contribution in [2.24, 2.45) is 0 Å². The average molecular weight is 265 g/mol. The summed E-state index contributed by atoms with van der Waals surface area (Å²) >= 11 is 0. The first-order valence-electron chi connectivity index (χ1n) is 6.70. The third kappa shape index (κ3) is 2.43. The lowest BCUT2D eigenvalue weighted by molar-refractivity contribution is 0.601. The molecule has 2 heteroatoms. The summed E-state index contributed by atoms with van der Waals surface area (Å²) in [6, 6.07) is 19.8. The number of benzene rings is 3. The molecular formula is C18H16FN. The molecule has 0 unspecified atom stereocenters. The summed E-state index contributed by atoms with van der Waals surface area (Å²) in [4.78, 5) is 0. The lowest BCUT2D eigenvalue weighted by Gasteiger charge is -2.07. The van der Waals surface area contributed by atoms with E-state index < -0.39 is 0 Å². The zero-order valence-corrected chi connectivity index (χ0v) is 11.4. The Hall–Kier alpha value is -2.19. The maximum absolute atomic E-state index is 14.0. The van der Waals surface area contributed by atoms with E-state index in [0.29, 0.717) is 12.1 Å². The van der Waals surface area contributed by atoms with Gasteiger partial charge < -0.3 is 5.32 Å². The minimum Gasteiger partial charge on any atom is -0.316 e. The Bertz CT molecular complexity index is 749. The Kier molecular flexibility index (Phi) is 3.48. The minimum absolute atomic E-state index is 0.162. The maximum Gasteiger partial charge on any atom is 0.128 e. The lowest BCUT2D eigenvalue weighted by Crippen LogP contribution is -2.06. The summed E-state index contributed by atoms with van der Waals surface area (Å²) in [5, 5.41) is 5.34. The lowest BCUT2D eigenvalue weighted by atomic mass is 10.00. The van der Waals surface area contributed by atoms with Crippen LogP contribution in [0, 0.1) is 5.82 Å². The normalized spacial score (nSPS) is 10.9. The van der Waals surface area contributed by atoms with Crippen molar-refractivity contribution < 1.29 is 4.39 Å². The van der Waals surface area contributed by atoms with Gasteiger partial charge in [-0.2, -0.15) is 0 Å². The van der Waals surface area contributed by atoms with E-state index >= 15 is 0 Å². The number of nitrogens with one attached hydrogen (secondary N) is 1. The highest BCUT2D eigenvalue weighted by atomic mass is 19.1. The Labute approximate surface area is 118 Å². The molecule has 100 valence electrons. The van der Waals surface area contributed by atoms with Gasteiger partial charge in [0, 0.05) is 12.1 Å². The van der Waals surface area contributed by atoms with Crippen molar-refractivity contribution >= 4 is 10.8 Å². The maximum atomic E-state index is 14.0. The standard InChI is InChI=1S/C18H16FN/c1-20-12-17-9-8-16(11-18(17)19)15-7-6-13-4-2-3-5-14(13)10-15/h2-11,20H,12H2,1H3. The van der Waals surface area contributed by atoms with Crippen LogP contribution in [-0.4, -0.2) is 7.05 Å². The monoisotopic (exact) mass is 265 g/mol. The molecule has 3 aromatic carbocycles. The van der Waals surface area contributed by atoms with Gasteiger partial charge in [0.05, 0.1) is 0 Å². The van der Waals surface area contributed by atoms with Crippen LogP contribution in [0.15, 0.2) is 60.7 Å². The molecule has 0 spiro atoms. The van der Waals surface area contributed by atoms with Crippen molar-refractivity contribution in [3.8, 4) is 11.1 Å². The molecule has 0 bridgehead atoms. The van der Waals surface area contributed by atoms with Crippen molar-refractivity contribution in [3.63, 3.8) is 0 Å². The predicted octanol–water partition coefficient (Wildman–Crippen LogP) is 4.37. The van der Waals surface area contributed by atoms with E-state index in [1.165, 1.54) is 10.8 Å². The molecule has 0 atom stereocenters. The van der Waals surface area contributed by atoms with Crippen molar-refractivity contribution in [2.75, 3.05) is 7.05 Å². The molecule has 0 fully saturated rings. The topological polar surface area (TPSA) is 12.0 Å². The van der Waals surface area contributed by atoms with Crippen LogP contribution in [0.25, 0.3) is 21.9 Å². The van der Waals surface area contributed by atoms with Crippen LogP contribution < -0.4 is 5.32 Å². The number of fused-ring (bicyclic) bond motifs is 1. The molecule has 20 heavy (non-hydrogen) atoms. The second-order valence-electron chi connectivity index (χ2n) is 4.90. The van der Waals surface area contributed by atoms with E-state index in [-0.39, 0.29) is 5.82 Å². The Morgan fingerprint density at radius 2 is 1.55 bits per heavy atom. The van der Waals surface area contributed by atoms with Crippen LogP contribution >= 0.6 is 0 Å². The van der Waals surface area contributed by atoms with Crippen LogP contribution in [0.3, 0.4) is 0 Å². The van der Waals surface area contributed by atoms with Crippen molar-refractivity contribution in [3.05, 3.63) is 72.0 Å². The van der Waals surface area contributed by atoms with Gasteiger partial charge in [-0.1, -0.05) is 48.5 Å². The summed E-state index contributed by atoms with van der Waals surface area (Å²) in [7, 11) is 1.82. The summed E-state index contributed by atoms with van der Waals surface area (Å²) < 4.78 is 14.0. The third-order valence-electron chi connectivity index (χ3n) is 3.50. The van der Waals surface area contributed by atoms with Crippen LogP contribution in [-0.2, 0) is 6.54 Å². The van der Waals surface area contributed by atoms with Gasteiger partial charge in [-0.25, -0.2) is 4.39 Å². The highest BCUT2D eigenvalue weighted by Gasteiger charge is 2.05. The molecule has 0 saturated carbocycles. The zero-order valence-electron chi connectivity index (χ0n) is 11.4. The first kappa shape index (κ1) is 12.8. The molecule has 0 amide bonds. The van der Waals surface area contributed by atoms with Gasteiger partial charge in [0.15, 0.2) is 0 Å². The molecule has 0 aliphatic carbocycles. The highest BCUT2D eigenvalue weighted by Crippen LogP contribution is 2.25. The molecule has 1 nitrogen and oxygen atoms in total. The Morgan fingerprint density at radius 1 is 0.850 bits per heavy atom. The van der Waals surface area contributed by atoms with E-state index in [2.05, 4.69) is 29.6 Å². The van der Waals surface area contributed by atoms with Crippen molar-refractivity contribution in [1.29, 1.82) is 0 Å². The third-order valence-corrected chi connectivity index (χ3v) is 3.50. The molecule has 3 aromatic rings. The van der Waals surface area contributed by atoms with Gasteiger partial charge in [0.2, 0.25) is 0 Å². The first-order chi connectivity index (χ1) is 9.78. The molecule has 0 heterocycles. The quantitative estimate of drug-likeness (QED) is 0.741. The number of halogens is 1. The second-order valence-corrected chi connectivity index (χ2v) is 4.90. The second kappa shape index (κ2) is 5.43. The number of hydrogen-bond donors (Lipinski definition) is 1. The molecule has 0 aliphatic heterocycles. The summed E-state index contributed by atoms with van der Waals surface area (Å²) in [5.41, 5.74) is 2.64.